The second-order valence-corrected chi connectivity index (χ2v) is 5.80. The van der Waals surface area contributed by atoms with Gasteiger partial charge in [0.2, 0.25) is 0 Å². The number of nitrogens with zero attached hydrogens (tertiary/aromatic N) is 1. The molecule has 0 spiro atoms. The van der Waals surface area contributed by atoms with Gasteiger partial charge >= 0.3 is 0 Å². The van der Waals surface area contributed by atoms with E-state index in [1.165, 1.54) is 10.4 Å². The maximum atomic E-state index is 6.22. The van der Waals surface area contributed by atoms with Crippen molar-refractivity contribution in [1.82, 2.24) is 10.3 Å². The predicted octanol–water partition coefficient (Wildman–Crippen LogP) is 4.25. The number of pyridine rings is 1. The van der Waals surface area contributed by atoms with Crippen molar-refractivity contribution < 1.29 is 0 Å². The van der Waals surface area contributed by atoms with Crippen LogP contribution >= 0.6 is 22.9 Å². The highest BCUT2D eigenvalue weighted by molar-refractivity contribution is 7.10. The summed E-state index contributed by atoms with van der Waals surface area (Å²) in [5, 5.41) is 6.49. The lowest BCUT2D eigenvalue weighted by Gasteiger charge is -2.19. The molecule has 0 saturated carbocycles. The topological polar surface area (TPSA) is 24.9 Å². The van der Waals surface area contributed by atoms with E-state index in [1.807, 2.05) is 17.4 Å². The number of nitrogens with one attached hydrogen (secondary N) is 1. The van der Waals surface area contributed by atoms with E-state index in [0.717, 1.165) is 30.0 Å². The van der Waals surface area contributed by atoms with Gasteiger partial charge in [-0.3, -0.25) is 4.98 Å². The van der Waals surface area contributed by atoms with Gasteiger partial charge in [0.1, 0.15) is 0 Å². The van der Waals surface area contributed by atoms with Crippen molar-refractivity contribution in [1.29, 1.82) is 0 Å². The summed E-state index contributed by atoms with van der Waals surface area (Å²) >= 11 is 8.04. The molecule has 0 fully saturated rings. The number of halogens is 1. The van der Waals surface area contributed by atoms with Gasteiger partial charge in [-0.2, -0.15) is 0 Å². The Hall–Kier alpha value is -0.900. The summed E-state index contributed by atoms with van der Waals surface area (Å²) in [6.07, 6.45) is 5.50. The van der Waals surface area contributed by atoms with Crippen LogP contribution in [0.15, 0.2) is 29.9 Å². The summed E-state index contributed by atoms with van der Waals surface area (Å²) in [7, 11) is 0. The minimum Gasteiger partial charge on any atom is -0.309 e. The number of aromatic nitrogens is 1. The van der Waals surface area contributed by atoms with Crippen LogP contribution in [0.4, 0.5) is 0 Å². The average molecular weight is 295 g/mol. The lowest BCUT2D eigenvalue weighted by molar-refractivity contribution is 0.554. The molecular formula is C15H19ClN2S. The van der Waals surface area contributed by atoms with E-state index in [0.29, 0.717) is 6.04 Å². The molecule has 102 valence electrons. The van der Waals surface area contributed by atoms with Crippen LogP contribution < -0.4 is 5.32 Å². The molecule has 0 saturated heterocycles. The van der Waals surface area contributed by atoms with E-state index in [-0.39, 0.29) is 0 Å². The first-order valence-electron chi connectivity index (χ1n) is 6.64. The number of hydrogen-bond donors (Lipinski definition) is 1. The highest BCUT2D eigenvalue weighted by Gasteiger charge is 2.17. The second kappa shape index (κ2) is 7.04. The van der Waals surface area contributed by atoms with Crippen molar-refractivity contribution in [3.05, 3.63) is 50.9 Å². The Balaban J connectivity index is 2.24. The van der Waals surface area contributed by atoms with Crippen molar-refractivity contribution >= 4 is 22.9 Å². The number of likely N-dealkylation sites (N-methyl/N-ethyl adjacent to an activating group) is 1. The third-order valence-corrected chi connectivity index (χ3v) is 4.62. The Morgan fingerprint density at radius 3 is 2.84 bits per heavy atom. The monoisotopic (exact) mass is 294 g/mol. The lowest BCUT2D eigenvalue weighted by atomic mass is 10.0. The summed E-state index contributed by atoms with van der Waals surface area (Å²) in [6.45, 7) is 5.29. The fourth-order valence-electron chi connectivity index (χ4n) is 2.24. The summed E-state index contributed by atoms with van der Waals surface area (Å²) < 4.78 is 0. The van der Waals surface area contributed by atoms with Crippen molar-refractivity contribution in [2.24, 2.45) is 0 Å². The number of rotatable bonds is 6. The second-order valence-electron chi connectivity index (χ2n) is 4.45. The molecule has 1 unspecified atom stereocenters. The molecule has 2 heterocycles. The highest BCUT2D eigenvalue weighted by atomic mass is 35.5. The van der Waals surface area contributed by atoms with Crippen LogP contribution in [0.25, 0.3) is 0 Å². The lowest BCUT2D eigenvalue weighted by Crippen LogP contribution is -2.23. The van der Waals surface area contributed by atoms with Crippen molar-refractivity contribution in [2.75, 3.05) is 6.54 Å². The fourth-order valence-corrected chi connectivity index (χ4v) is 3.51. The molecule has 1 atom stereocenters. The fraction of sp³-hybridized carbons (Fsp3) is 0.400. The Labute approximate surface area is 123 Å². The third-order valence-electron chi connectivity index (χ3n) is 3.21. The van der Waals surface area contributed by atoms with E-state index in [2.05, 4.69) is 35.6 Å². The zero-order valence-electron chi connectivity index (χ0n) is 11.3. The molecule has 2 nitrogen and oxygen atoms in total. The normalized spacial score (nSPS) is 12.6. The van der Waals surface area contributed by atoms with Crippen LogP contribution in [0.5, 0.6) is 0 Å². The van der Waals surface area contributed by atoms with Crippen molar-refractivity contribution in [3.63, 3.8) is 0 Å². The van der Waals surface area contributed by atoms with Gasteiger partial charge in [0.05, 0.1) is 5.02 Å². The SMILES string of the molecule is CCNC(Cc1ccncc1Cl)c1sccc1CC. The van der Waals surface area contributed by atoms with Gasteiger partial charge in [0.15, 0.2) is 0 Å². The Morgan fingerprint density at radius 2 is 2.16 bits per heavy atom. The van der Waals surface area contributed by atoms with E-state index in [1.54, 1.807) is 12.4 Å². The first-order valence-corrected chi connectivity index (χ1v) is 7.90. The van der Waals surface area contributed by atoms with Crippen molar-refractivity contribution in [2.45, 2.75) is 32.7 Å². The molecule has 0 bridgehead atoms. The molecule has 0 aliphatic heterocycles. The maximum absolute atomic E-state index is 6.22. The molecule has 4 heteroatoms. The van der Waals surface area contributed by atoms with Gasteiger partial charge in [-0.25, -0.2) is 0 Å². The van der Waals surface area contributed by atoms with Crippen LogP contribution in [-0.2, 0) is 12.8 Å². The molecule has 2 rings (SSSR count). The van der Waals surface area contributed by atoms with E-state index >= 15 is 0 Å². The summed E-state index contributed by atoms with van der Waals surface area (Å²) in [4.78, 5) is 5.47. The number of thiophene rings is 1. The Morgan fingerprint density at radius 1 is 1.32 bits per heavy atom. The quantitative estimate of drug-likeness (QED) is 0.861. The summed E-state index contributed by atoms with van der Waals surface area (Å²) in [5.74, 6) is 0. The molecule has 0 aliphatic carbocycles. The maximum Gasteiger partial charge on any atom is 0.0622 e. The minimum absolute atomic E-state index is 0.333. The minimum atomic E-state index is 0.333. The average Bonchev–Trinajstić information content (AvgIpc) is 2.89. The first kappa shape index (κ1) is 14.5. The predicted molar refractivity (Wildman–Crippen MR) is 83.1 cm³/mol. The van der Waals surface area contributed by atoms with Gasteiger partial charge in [0.25, 0.3) is 0 Å². The first-order chi connectivity index (χ1) is 9.26. The zero-order valence-corrected chi connectivity index (χ0v) is 12.9. The van der Waals surface area contributed by atoms with Gasteiger partial charge in [-0.05, 0) is 48.0 Å². The molecule has 2 aromatic heterocycles. The van der Waals surface area contributed by atoms with Gasteiger partial charge in [-0.1, -0.05) is 25.4 Å². The number of hydrogen-bond acceptors (Lipinski definition) is 3. The van der Waals surface area contributed by atoms with Crippen molar-refractivity contribution in [3.8, 4) is 0 Å². The summed E-state index contributed by atoms with van der Waals surface area (Å²) in [5.41, 5.74) is 2.58. The van der Waals surface area contributed by atoms with Crippen LogP contribution in [0, 0.1) is 0 Å². The molecule has 19 heavy (non-hydrogen) atoms. The smallest absolute Gasteiger partial charge is 0.0622 e. The standard InChI is InChI=1S/C15H19ClN2S/c1-3-11-6-8-19-15(11)14(18-4-2)9-12-5-7-17-10-13(12)16/h5-8,10,14,18H,3-4,9H2,1-2H3. The Kier molecular flexibility index (Phi) is 5.37. The van der Waals surface area contributed by atoms with E-state index in [4.69, 9.17) is 11.6 Å². The molecular weight excluding hydrogens is 276 g/mol. The Bertz CT molecular complexity index is 524. The highest BCUT2D eigenvalue weighted by Crippen LogP contribution is 2.29. The molecule has 0 radical (unpaired) electrons. The van der Waals surface area contributed by atoms with E-state index in [9.17, 15) is 0 Å². The number of aryl methyl sites for hydroxylation is 1. The summed E-state index contributed by atoms with van der Waals surface area (Å²) in [6, 6.07) is 4.56. The van der Waals surface area contributed by atoms with Gasteiger partial charge in [-0.15, -0.1) is 11.3 Å². The molecule has 0 amide bonds. The molecule has 0 aromatic carbocycles. The van der Waals surface area contributed by atoms with Crippen LogP contribution in [-0.4, -0.2) is 11.5 Å². The zero-order chi connectivity index (χ0) is 13.7. The van der Waals surface area contributed by atoms with Crippen LogP contribution in [0.3, 0.4) is 0 Å². The van der Waals surface area contributed by atoms with Crippen LogP contribution in [0.2, 0.25) is 5.02 Å². The largest absolute Gasteiger partial charge is 0.309 e. The molecule has 1 N–H and O–H groups in total. The molecule has 0 aliphatic rings. The van der Waals surface area contributed by atoms with E-state index < -0.39 is 0 Å². The third kappa shape index (κ3) is 3.56. The van der Waals surface area contributed by atoms with Gasteiger partial charge < -0.3 is 5.32 Å². The van der Waals surface area contributed by atoms with Crippen LogP contribution in [0.1, 0.15) is 35.9 Å². The van der Waals surface area contributed by atoms with Gasteiger partial charge in [0, 0.05) is 23.3 Å². The molecule has 2 aromatic rings.